The lowest BCUT2D eigenvalue weighted by molar-refractivity contribution is 0.231. The molecule has 0 bridgehead atoms. The number of nitrogens with one attached hydrogen (secondary N) is 1. The van der Waals surface area contributed by atoms with E-state index in [4.69, 9.17) is 10.7 Å². The molecule has 0 unspecified atom stereocenters. The van der Waals surface area contributed by atoms with Crippen molar-refractivity contribution in [2.24, 2.45) is 0 Å². The summed E-state index contributed by atoms with van der Waals surface area (Å²) in [6, 6.07) is 10.7. The Kier molecular flexibility index (Phi) is 4.84. The highest BCUT2D eigenvalue weighted by atomic mass is 15.5. The number of likely N-dealkylation sites (tertiary alicyclic amines) is 1. The average Bonchev–Trinajstić information content (AvgIpc) is 3.57. The Labute approximate surface area is 198 Å². The van der Waals surface area contributed by atoms with Crippen LogP contribution in [0.5, 0.6) is 0 Å². The van der Waals surface area contributed by atoms with E-state index in [1.807, 2.05) is 29.4 Å². The van der Waals surface area contributed by atoms with Crippen LogP contribution in [0, 0.1) is 6.92 Å². The lowest BCUT2D eigenvalue weighted by atomic mass is 10.0. The smallest absolute Gasteiger partial charge is 0.167 e. The zero-order valence-electron chi connectivity index (χ0n) is 19.7. The number of allylic oxidation sites excluding steroid dienone is 1. The van der Waals surface area contributed by atoms with Gasteiger partial charge in [-0.05, 0) is 50.0 Å². The molecule has 4 aromatic rings. The van der Waals surface area contributed by atoms with Gasteiger partial charge in [-0.2, -0.15) is 9.61 Å². The average molecular weight is 455 g/mol. The highest BCUT2D eigenvalue weighted by molar-refractivity contribution is 5.94. The predicted molar refractivity (Wildman–Crippen MR) is 137 cm³/mol. The third kappa shape index (κ3) is 3.25. The number of nitrogens with two attached hydrogens (primary N) is 1. The molecule has 1 aromatic carbocycles. The number of hydrogen-bond donors (Lipinski definition) is 2. The Morgan fingerprint density at radius 1 is 1.15 bits per heavy atom. The second-order valence-corrected chi connectivity index (χ2v) is 9.36. The lowest BCUT2D eigenvalue weighted by Crippen LogP contribution is -2.33. The number of hydrazine groups is 1. The maximum atomic E-state index is 6.67. The summed E-state index contributed by atoms with van der Waals surface area (Å²) in [5.41, 5.74) is 17.4. The van der Waals surface area contributed by atoms with Gasteiger partial charge in [0.15, 0.2) is 5.65 Å². The molecule has 8 heteroatoms. The molecule has 174 valence electrons. The maximum Gasteiger partial charge on any atom is 0.167 e. The molecular weight excluding hydrogens is 424 g/mol. The Morgan fingerprint density at radius 3 is 2.65 bits per heavy atom. The van der Waals surface area contributed by atoms with Gasteiger partial charge in [0.25, 0.3) is 0 Å². The molecule has 34 heavy (non-hydrogen) atoms. The first-order valence-corrected chi connectivity index (χ1v) is 11.8. The van der Waals surface area contributed by atoms with E-state index in [2.05, 4.69) is 64.9 Å². The molecule has 8 nitrogen and oxygen atoms in total. The highest BCUT2D eigenvalue weighted by Crippen LogP contribution is 2.34. The van der Waals surface area contributed by atoms with Gasteiger partial charge in [0.05, 0.1) is 17.3 Å². The van der Waals surface area contributed by atoms with Crippen molar-refractivity contribution in [2.45, 2.75) is 32.7 Å². The second-order valence-electron chi connectivity index (χ2n) is 9.36. The monoisotopic (exact) mass is 454 g/mol. The van der Waals surface area contributed by atoms with E-state index in [1.54, 1.807) is 4.52 Å². The molecule has 3 aromatic heterocycles. The minimum absolute atomic E-state index is 0.397. The summed E-state index contributed by atoms with van der Waals surface area (Å²) in [4.78, 5) is 7.52. The van der Waals surface area contributed by atoms with Crippen LogP contribution in [0.15, 0.2) is 61.2 Å². The van der Waals surface area contributed by atoms with Gasteiger partial charge in [-0.15, -0.1) is 0 Å². The molecule has 2 aliphatic heterocycles. The molecule has 1 fully saturated rings. The van der Waals surface area contributed by atoms with Crippen molar-refractivity contribution < 1.29 is 0 Å². The quantitative estimate of drug-likeness (QED) is 0.483. The first kappa shape index (κ1) is 20.8. The number of nitrogen functional groups attached to an aromatic ring is 1. The summed E-state index contributed by atoms with van der Waals surface area (Å²) in [5.74, 6) is 0.647. The third-order valence-corrected chi connectivity index (χ3v) is 7.14. The predicted octanol–water partition coefficient (Wildman–Crippen LogP) is 4.11. The number of aryl methyl sites for hydroxylation is 1. The third-order valence-electron chi connectivity index (χ3n) is 7.14. The van der Waals surface area contributed by atoms with Crippen LogP contribution in [-0.4, -0.2) is 43.7 Å². The first-order chi connectivity index (χ1) is 16.5. The van der Waals surface area contributed by atoms with Crippen molar-refractivity contribution in [3.63, 3.8) is 0 Å². The van der Waals surface area contributed by atoms with Crippen LogP contribution in [0.3, 0.4) is 0 Å². The molecule has 0 atom stereocenters. The van der Waals surface area contributed by atoms with Crippen molar-refractivity contribution in [3.8, 4) is 0 Å². The maximum absolute atomic E-state index is 6.67. The molecule has 1 saturated heterocycles. The fourth-order valence-electron chi connectivity index (χ4n) is 5.27. The normalized spacial score (nSPS) is 17.2. The van der Waals surface area contributed by atoms with Crippen LogP contribution >= 0.6 is 0 Å². The van der Waals surface area contributed by atoms with Gasteiger partial charge in [0.2, 0.25) is 0 Å². The van der Waals surface area contributed by atoms with Crippen LogP contribution in [0.2, 0.25) is 0 Å². The summed E-state index contributed by atoms with van der Waals surface area (Å²) in [5, 5.41) is 7.66. The van der Waals surface area contributed by atoms with E-state index < -0.39 is 0 Å². The molecule has 2 aliphatic rings. The Balaban J connectivity index is 1.41. The van der Waals surface area contributed by atoms with Gasteiger partial charge in [-0.1, -0.05) is 24.8 Å². The molecule has 5 heterocycles. The summed E-state index contributed by atoms with van der Waals surface area (Å²) >= 11 is 0. The largest absolute Gasteiger partial charge is 0.383 e. The fraction of sp³-hybridized carbons (Fsp3) is 0.308. The molecule has 0 amide bonds. The number of benzene rings is 1. The topological polar surface area (TPSA) is 79.6 Å². The first-order valence-electron chi connectivity index (χ1n) is 11.8. The number of aromatic nitrogens is 4. The van der Waals surface area contributed by atoms with Gasteiger partial charge in [0, 0.05) is 49.3 Å². The highest BCUT2D eigenvalue weighted by Gasteiger charge is 2.26. The van der Waals surface area contributed by atoms with E-state index in [-0.39, 0.29) is 0 Å². The zero-order valence-corrected chi connectivity index (χ0v) is 19.7. The number of nitrogens with zero attached hydrogens (tertiary/aromatic N) is 6. The van der Waals surface area contributed by atoms with E-state index in [1.165, 1.54) is 0 Å². The number of piperidine rings is 1. The van der Waals surface area contributed by atoms with Crippen molar-refractivity contribution >= 4 is 33.8 Å². The summed E-state index contributed by atoms with van der Waals surface area (Å²) in [6.45, 7) is 11.0. The van der Waals surface area contributed by atoms with Gasteiger partial charge in [0.1, 0.15) is 11.5 Å². The van der Waals surface area contributed by atoms with Gasteiger partial charge < -0.3 is 15.2 Å². The van der Waals surface area contributed by atoms with Gasteiger partial charge >= 0.3 is 0 Å². The van der Waals surface area contributed by atoms with Crippen molar-refractivity contribution in [1.82, 2.24) is 29.5 Å². The standard InChI is InChI=1S/C26H30N8/c1-17(2)31-11-9-20(10-12-31)32-15-18(3)23-24(27)34-25(30-26(23)32)22(14-29-34)19-13-28-33(16-19)21-7-5-4-6-8-21/h4-8,14-16,20,28H,1,9-13,27H2,2-3H3. The van der Waals surface area contributed by atoms with E-state index in [9.17, 15) is 0 Å². The second kappa shape index (κ2) is 7.92. The number of para-hydroxylation sites is 1. The summed E-state index contributed by atoms with van der Waals surface area (Å²) < 4.78 is 4.12. The Hall–Kier alpha value is -3.78. The summed E-state index contributed by atoms with van der Waals surface area (Å²) in [6.07, 6.45) is 8.34. The van der Waals surface area contributed by atoms with E-state index in [0.29, 0.717) is 18.4 Å². The van der Waals surface area contributed by atoms with Crippen LogP contribution in [0.25, 0.3) is 22.3 Å². The van der Waals surface area contributed by atoms with Crippen LogP contribution < -0.4 is 16.2 Å². The fourth-order valence-corrected chi connectivity index (χ4v) is 5.27. The van der Waals surface area contributed by atoms with Crippen LogP contribution in [0.1, 0.15) is 36.9 Å². The van der Waals surface area contributed by atoms with E-state index in [0.717, 1.165) is 70.7 Å². The minimum Gasteiger partial charge on any atom is -0.383 e. The molecule has 0 spiro atoms. The number of fused-ring (bicyclic) bond motifs is 2. The minimum atomic E-state index is 0.397. The van der Waals surface area contributed by atoms with Crippen molar-refractivity contribution in [2.75, 3.05) is 30.4 Å². The summed E-state index contributed by atoms with van der Waals surface area (Å²) in [7, 11) is 0. The van der Waals surface area contributed by atoms with Crippen LogP contribution in [-0.2, 0) is 0 Å². The molecule has 0 radical (unpaired) electrons. The SMILES string of the molecule is C=C(C)N1CCC(n2cc(C)c3c(N)n4ncc(C5=CN(c6ccccc6)NC5)c4nc32)CC1. The molecule has 3 N–H and O–H groups in total. The Bertz CT molecular complexity index is 1420. The zero-order chi connectivity index (χ0) is 23.4. The molecule has 0 saturated carbocycles. The molecule has 0 aliphatic carbocycles. The molecular formula is C26H30N8. The number of rotatable bonds is 4. The number of anilines is 2. The van der Waals surface area contributed by atoms with Crippen molar-refractivity contribution in [1.29, 1.82) is 0 Å². The van der Waals surface area contributed by atoms with Gasteiger partial charge in [-0.25, -0.2) is 10.4 Å². The lowest BCUT2D eigenvalue weighted by Gasteiger charge is -2.34. The Morgan fingerprint density at radius 2 is 1.91 bits per heavy atom. The van der Waals surface area contributed by atoms with Crippen LogP contribution in [0.4, 0.5) is 11.5 Å². The number of hydrogen-bond acceptors (Lipinski definition) is 6. The van der Waals surface area contributed by atoms with Crippen molar-refractivity contribution in [3.05, 3.63) is 72.3 Å². The van der Waals surface area contributed by atoms with E-state index >= 15 is 0 Å². The molecule has 6 rings (SSSR count). The van der Waals surface area contributed by atoms with Gasteiger partial charge in [-0.3, -0.25) is 5.01 Å².